The van der Waals surface area contributed by atoms with Gasteiger partial charge in [0.2, 0.25) is 0 Å². The van der Waals surface area contributed by atoms with Crippen LogP contribution in [0.4, 0.5) is 14.6 Å². The van der Waals surface area contributed by atoms with Crippen LogP contribution in [0.5, 0.6) is 5.75 Å². The van der Waals surface area contributed by atoms with Crippen LogP contribution in [0.1, 0.15) is 36.8 Å². The highest BCUT2D eigenvalue weighted by Gasteiger charge is 2.25. The number of rotatable bonds is 3. The van der Waals surface area contributed by atoms with Gasteiger partial charge < -0.3 is 15.3 Å². The van der Waals surface area contributed by atoms with Gasteiger partial charge in [0.05, 0.1) is 0 Å². The summed E-state index contributed by atoms with van der Waals surface area (Å²) in [6.45, 7) is 2.07. The summed E-state index contributed by atoms with van der Waals surface area (Å²) >= 11 is 0. The SMILES string of the molecule is CN1CCCC(Nc2nnc(-c3cc(F)c(F)cc3O)c3c2CCCC3)C1. The smallest absolute Gasteiger partial charge is 0.162 e. The van der Waals surface area contributed by atoms with Gasteiger partial charge in [0.15, 0.2) is 17.5 Å². The number of phenolic OH excluding ortho intramolecular Hbond substituents is 1. The zero-order valence-corrected chi connectivity index (χ0v) is 15.4. The lowest BCUT2D eigenvalue weighted by Crippen LogP contribution is -2.40. The van der Waals surface area contributed by atoms with Crippen molar-refractivity contribution < 1.29 is 13.9 Å². The van der Waals surface area contributed by atoms with E-state index in [0.29, 0.717) is 11.7 Å². The van der Waals surface area contributed by atoms with Gasteiger partial charge in [-0.1, -0.05) is 0 Å². The first-order valence-corrected chi connectivity index (χ1v) is 9.55. The van der Waals surface area contributed by atoms with Crippen molar-refractivity contribution in [2.24, 2.45) is 0 Å². The summed E-state index contributed by atoms with van der Waals surface area (Å²) in [6.07, 6.45) is 5.95. The second-order valence-electron chi connectivity index (χ2n) is 7.59. The van der Waals surface area contributed by atoms with Gasteiger partial charge in [-0.25, -0.2) is 8.78 Å². The number of phenols is 1. The van der Waals surface area contributed by atoms with Crippen molar-refractivity contribution in [2.75, 3.05) is 25.5 Å². The Morgan fingerprint density at radius 1 is 1.07 bits per heavy atom. The van der Waals surface area contributed by atoms with Crippen LogP contribution in [0, 0.1) is 11.6 Å². The molecule has 1 atom stereocenters. The Kier molecular flexibility index (Phi) is 4.95. The van der Waals surface area contributed by atoms with Gasteiger partial charge in [0, 0.05) is 29.8 Å². The molecule has 7 heteroatoms. The van der Waals surface area contributed by atoms with E-state index >= 15 is 0 Å². The van der Waals surface area contributed by atoms with Crippen LogP contribution in [0.3, 0.4) is 0 Å². The molecule has 1 saturated heterocycles. The van der Waals surface area contributed by atoms with Crippen LogP contribution >= 0.6 is 0 Å². The molecule has 2 N–H and O–H groups in total. The standard InChI is InChI=1S/C20H24F2N4O/c1-26-8-4-5-12(11-26)23-20-14-7-3-2-6-13(14)19(24-25-20)15-9-16(21)17(22)10-18(15)27/h9-10,12,27H,2-8,11H2,1H3,(H,23,25). The number of hydrogen-bond acceptors (Lipinski definition) is 5. The molecule has 2 aliphatic rings. The molecule has 1 aliphatic carbocycles. The van der Waals surface area contributed by atoms with Crippen molar-refractivity contribution in [1.29, 1.82) is 0 Å². The van der Waals surface area contributed by atoms with Crippen molar-refractivity contribution in [3.8, 4) is 17.0 Å². The topological polar surface area (TPSA) is 61.3 Å². The molecule has 1 fully saturated rings. The maximum Gasteiger partial charge on any atom is 0.162 e. The molecule has 0 bridgehead atoms. The molecule has 0 radical (unpaired) electrons. The van der Waals surface area contributed by atoms with Gasteiger partial charge in [-0.2, -0.15) is 0 Å². The van der Waals surface area contributed by atoms with Gasteiger partial charge in [-0.05, 0) is 63.7 Å². The minimum Gasteiger partial charge on any atom is -0.507 e. The second kappa shape index (κ2) is 7.38. The van der Waals surface area contributed by atoms with Crippen molar-refractivity contribution in [2.45, 2.75) is 44.6 Å². The maximum atomic E-state index is 13.8. The number of likely N-dealkylation sites (N-methyl/N-ethyl adjacent to an activating group) is 1. The average Bonchev–Trinajstić information content (AvgIpc) is 2.65. The Labute approximate surface area is 157 Å². The number of halogens is 2. The van der Waals surface area contributed by atoms with Crippen LogP contribution < -0.4 is 5.32 Å². The first-order valence-electron chi connectivity index (χ1n) is 9.55. The zero-order valence-electron chi connectivity index (χ0n) is 15.4. The fourth-order valence-corrected chi connectivity index (χ4v) is 4.18. The molecule has 2 heterocycles. The molecule has 0 amide bonds. The Morgan fingerprint density at radius 2 is 1.81 bits per heavy atom. The van der Waals surface area contributed by atoms with Gasteiger partial charge >= 0.3 is 0 Å². The minimum absolute atomic E-state index is 0.198. The van der Waals surface area contributed by atoms with Crippen molar-refractivity contribution >= 4 is 5.82 Å². The largest absolute Gasteiger partial charge is 0.507 e. The lowest BCUT2D eigenvalue weighted by atomic mass is 9.89. The minimum atomic E-state index is -1.07. The Morgan fingerprint density at radius 3 is 2.59 bits per heavy atom. The summed E-state index contributed by atoms with van der Waals surface area (Å²) in [5.74, 6) is -1.60. The lowest BCUT2D eigenvalue weighted by Gasteiger charge is -2.31. The number of anilines is 1. The number of aromatic nitrogens is 2. The van der Waals surface area contributed by atoms with E-state index in [1.807, 2.05) is 0 Å². The number of nitrogens with zero attached hydrogens (tertiary/aromatic N) is 3. The van der Waals surface area contributed by atoms with E-state index in [9.17, 15) is 13.9 Å². The van der Waals surface area contributed by atoms with E-state index < -0.39 is 11.6 Å². The van der Waals surface area contributed by atoms with E-state index in [4.69, 9.17) is 0 Å². The third-order valence-electron chi connectivity index (χ3n) is 5.55. The van der Waals surface area contributed by atoms with Crippen LogP contribution in [-0.4, -0.2) is 46.4 Å². The predicted molar refractivity (Wildman–Crippen MR) is 99.8 cm³/mol. The molecule has 1 unspecified atom stereocenters. The number of likely N-dealkylation sites (tertiary alicyclic amines) is 1. The molecule has 27 heavy (non-hydrogen) atoms. The molecule has 1 aromatic carbocycles. The average molecular weight is 374 g/mol. The molecule has 1 aromatic heterocycles. The molecule has 4 rings (SSSR count). The highest BCUT2D eigenvalue weighted by Crippen LogP contribution is 2.37. The van der Waals surface area contributed by atoms with E-state index in [-0.39, 0.29) is 11.3 Å². The van der Waals surface area contributed by atoms with Gasteiger partial charge in [-0.15, -0.1) is 10.2 Å². The van der Waals surface area contributed by atoms with Gasteiger partial charge in [-0.3, -0.25) is 0 Å². The number of fused-ring (bicyclic) bond motifs is 1. The summed E-state index contributed by atoms with van der Waals surface area (Å²) < 4.78 is 27.1. The molecule has 144 valence electrons. The summed E-state index contributed by atoms with van der Waals surface area (Å²) in [6, 6.07) is 2.13. The molecular formula is C20H24F2N4O. The summed E-state index contributed by atoms with van der Waals surface area (Å²) in [7, 11) is 2.12. The van der Waals surface area contributed by atoms with Crippen LogP contribution in [0.15, 0.2) is 12.1 Å². The van der Waals surface area contributed by atoms with Gasteiger partial charge in [0.1, 0.15) is 11.4 Å². The summed E-state index contributed by atoms with van der Waals surface area (Å²) in [4.78, 5) is 2.30. The van der Waals surface area contributed by atoms with E-state index in [1.165, 1.54) is 0 Å². The van der Waals surface area contributed by atoms with Crippen LogP contribution in [0.2, 0.25) is 0 Å². The first kappa shape index (κ1) is 18.1. The normalized spacial score (nSPS) is 20.3. The summed E-state index contributed by atoms with van der Waals surface area (Å²) in [5, 5.41) is 22.4. The van der Waals surface area contributed by atoms with E-state index in [2.05, 4.69) is 27.5 Å². The number of nitrogens with one attached hydrogen (secondary N) is 1. The zero-order chi connectivity index (χ0) is 19.0. The maximum absolute atomic E-state index is 13.8. The predicted octanol–water partition coefficient (Wildman–Crippen LogP) is 3.51. The van der Waals surface area contributed by atoms with Gasteiger partial charge in [0.25, 0.3) is 0 Å². The Balaban J connectivity index is 1.72. The Hall–Kier alpha value is -2.28. The van der Waals surface area contributed by atoms with E-state index in [0.717, 1.165) is 80.7 Å². The fraction of sp³-hybridized carbons (Fsp3) is 0.500. The number of piperidine rings is 1. The molecule has 1 aliphatic heterocycles. The monoisotopic (exact) mass is 374 g/mol. The number of benzene rings is 1. The third kappa shape index (κ3) is 3.60. The highest BCUT2D eigenvalue weighted by atomic mass is 19.2. The lowest BCUT2D eigenvalue weighted by molar-refractivity contribution is 0.260. The first-order chi connectivity index (χ1) is 13.0. The number of hydrogen-bond donors (Lipinski definition) is 2. The quantitative estimate of drug-likeness (QED) is 0.861. The molecular weight excluding hydrogens is 350 g/mol. The number of aromatic hydroxyl groups is 1. The van der Waals surface area contributed by atoms with Crippen LogP contribution in [0.25, 0.3) is 11.3 Å². The fourth-order valence-electron chi connectivity index (χ4n) is 4.18. The molecule has 2 aromatic rings. The van der Waals surface area contributed by atoms with Crippen LogP contribution in [-0.2, 0) is 12.8 Å². The third-order valence-corrected chi connectivity index (χ3v) is 5.55. The van der Waals surface area contributed by atoms with Crippen molar-refractivity contribution in [1.82, 2.24) is 15.1 Å². The highest BCUT2D eigenvalue weighted by molar-refractivity contribution is 5.72. The second-order valence-corrected chi connectivity index (χ2v) is 7.59. The Bertz CT molecular complexity index is 858. The summed E-state index contributed by atoms with van der Waals surface area (Å²) in [5.41, 5.74) is 2.71. The molecule has 0 spiro atoms. The van der Waals surface area contributed by atoms with Crippen molar-refractivity contribution in [3.63, 3.8) is 0 Å². The van der Waals surface area contributed by atoms with Crippen molar-refractivity contribution in [3.05, 3.63) is 34.9 Å². The molecule has 5 nitrogen and oxygen atoms in total. The van der Waals surface area contributed by atoms with E-state index in [1.54, 1.807) is 0 Å². The molecule has 0 saturated carbocycles.